The Bertz CT molecular complexity index is 1200. The van der Waals surface area contributed by atoms with E-state index in [1.54, 1.807) is 17.8 Å². The number of fused-ring (bicyclic) bond motifs is 3. The van der Waals surface area contributed by atoms with Crippen molar-refractivity contribution in [2.24, 2.45) is 0 Å². The maximum atomic E-state index is 14.8. The van der Waals surface area contributed by atoms with Crippen LogP contribution in [0.3, 0.4) is 0 Å². The Morgan fingerprint density at radius 2 is 1.87 bits per heavy atom. The average Bonchev–Trinajstić information content (AvgIpc) is 3.12. The number of halogens is 1. The van der Waals surface area contributed by atoms with Crippen LogP contribution in [0, 0.1) is 5.82 Å². The van der Waals surface area contributed by atoms with Gasteiger partial charge in [0, 0.05) is 17.5 Å². The second-order valence-electron chi connectivity index (χ2n) is 7.28. The van der Waals surface area contributed by atoms with Crippen LogP contribution in [0.1, 0.15) is 25.0 Å². The molecule has 0 spiro atoms. The maximum Gasteiger partial charge on any atom is 0.169 e. The fourth-order valence-corrected chi connectivity index (χ4v) is 4.39. The van der Waals surface area contributed by atoms with E-state index in [2.05, 4.69) is 28.3 Å². The molecule has 0 saturated heterocycles. The number of pyridine rings is 1. The highest BCUT2D eigenvalue weighted by atomic mass is 32.2. The third kappa shape index (κ3) is 3.75. The molecule has 0 aliphatic carbocycles. The number of nitrogens with zero attached hydrogens (tertiary/aromatic N) is 4. The average molecular weight is 424 g/mol. The number of benzene rings is 2. The largest absolute Gasteiger partial charge is 0.382 e. The smallest absolute Gasteiger partial charge is 0.169 e. The molecule has 7 heteroatoms. The Labute approximate surface area is 180 Å². The molecule has 2 N–H and O–H groups in total. The first-order chi connectivity index (χ1) is 14.5. The first-order valence-electron chi connectivity index (χ1n) is 10.1. The summed E-state index contributed by atoms with van der Waals surface area (Å²) in [5, 5.41) is 1.83. The summed E-state index contributed by atoms with van der Waals surface area (Å²) in [5.74, 6) is 0.249. The van der Waals surface area contributed by atoms with E-state index in [0.717, 1.165) is 45.8 Å². The molecule has 0 aliphatic rings. The SMILES string of the molecule is CCN(CC)Cc1ccc(Cn2c(SC)nc3c(N)nc4ccccc4c32)cc1F. The van der Waals surface area contributed by atoms with Crippen LogP contribution in [0.2, 0.25) is 0 Å². The molecule has 0 atom stereocenters. The Balaban J connectivity index is 1.78. The molecule has 5 nitrogen and oxygen atoms in total. The third-order valence-electron chi connectivity index (χ3n) is 5.50. The lowest BCUT2D eigenvalue weighted by Gasteiger charge is -2.18. The highest BCUT2D eigenvalue weighted by Crippen LogP contribution is 2.32. The molecule has 4 rings (SSSR count). The molecule has 0 unspecified atom stereocenters. The van der Waals surface area contributed by atoms with E-state index in [0.29, 0.717) is 24.4 Å². The van der Waals surface area contributed by atoms with Gasteiger partial charge < -0.3 is 10.3 Å². The monoisotopic (exact) mass is 423 g/mol. The zero-order valence-corrected chi connectivity index (χ0v) is 18.3. The van der Waals surface area contributed by atoms with Crippen molar-refractivity contribution < 1.29 is 4.39 Å². The molecule has 30 heavy (non-hydrogen) atoms. The Hall–Kier alpha value is -2.64. The Morgan fingerprint density at radius 3 is 2.57 bits per heavy atom. The topological polar surface area (TPSA) is 60.0 Å². The predicted octanol–water partition coefficient (Wildman–Crippen LogP) is 4.92. The van der Waals surface area contributed by atoms with Crippen molar-refractivity contribution in [1.29, 1.82) is 0 Å². The van der Waals surface area contributed by atoms with Gasteiger partial charge in [-0.05, 0) is 37.0 Å². The van der Waals surface area contributed by atoms with Crippen molar-refractivity contribution in [2.45, 2.75) is 32.1 Å². The molecule has 2 aromatic carbocycles. The predicted molar refractivity (Wildman–Crippen MR) is 123 cm³/mol. The minimum atomic E-state index is -0.166. The molecule has 2 heterocycles. The van der Waals surface area contributed by atoms with Gasteiger partial charge in [-0.15, -0.1) is 0 Å². The molecular weight excluding hydrogens is 397 g/mol. The van der Waals surface area contributed by atoms with E-state index in [4.69, 9.17) is 10.7 Å². The van der Waals surface area contributed by atoms with Gasteiger partial charge in [0.05, 0.1) is 17.6 Å². The zero-order chi connectivity index (χ0) is 21.3. The van der Waals surface area contributed by atoms with Gasteiger partial charge in [-0.3, -0.25) is 4.90 Å². The van der Waals surface area contributed by atoms with Gasteiger partial charge in [0.15, 0.2) is 11.0 Å². The molecule has 0 aliphatic heterocycles. The summed E-state index contributed by atoms with van der Waals surface area (Å²) in [6.45, 7) is 7.12. The minimum absolute atomic E-state index is 0.166. The van der Waals surface area contributed by atoms with E-state index in [-0.39, 0.29) is 5.82 Å². The van der Waals surface area contributed by atoms with Crippen LogP contribution in [0.5, 0.6) is 0 Å². The van der Waals surface area contributed by atoms with Crippen molar-refractivity contribution in [3.63, 3.8) is 0 Å². The molecule has 0 fully saturated rings. The first kappa shape index (κ1) is 20.6. The van der Waals surface area contributed by atoms with Gasteiger partial charge in [0.25, 0.3) is 0 Å². The number of rotatable bonds is 7. The normalized spacial score (nSPS) is 11.8. The lowest BCUT2D eigenvalue weighted by molar-refractivity contribution is 0.291. The number of thioether (sulfide) groups is 1. The van der Waals surface area contributed by atoms with E-state index in [9.17, 15) is 4.39 Å². The molecular formula is C23H26FN5S. The zero-order valence-electron chi connectivity index (χ0n) is 17.5. The number of anilines is 1. The Morgan fingerprint density at radius 1 is 1.10 bits per heavy atom. The summed E-state index contributed by atoms with van der Waals surface area (Å²) in [4.78, 5) is 11.4. The second kappa shape index (κ2) is 8.62. The lowest BCUT2D eigenvalue weighted by atomic mass is 10.1. The van der Waals surface area contributed by atoms with Gasteiger partial charge in [-0.25, -0.2) is 14.4 Å². The summed E-state index contributed by atoms with van der Waals surface area (Å²) in [5.41, 5.74) is 10.3. The van der Waals surface area contributed by atoms with Crippen LogP contribution >= 0.6 is 11.8 Å². The van der Waals surface area contributed by atoms with Crippen molar-refractivity contribution >= 4 is 39.5 Å². The van der Waals surface area contributed by atoms with E-state index in [1.807, 2.05) is 42.7 Å². The summed E-state index contributed by atoms with van der Waals surface area (Å²) in [7, 11) is 0. The number of hydrogen-bond donors (Lipinski definition) is 1. The summed E-state index contributed by atoms with van der Waals surface area (Å²) < 4.78 is 16.9. The van der Waals surface area contributed by atoms with Gasteiger partial charge in [0.2, 0.25) is 0 Å². The quantitative estimate of drug-likeness (QED) is 0.428. The summed E-state index contributed by atoms with van der Waals surface area (Å²) in [6.07, 6.45) is 1.98. The molecule has 0 bridgehead atoms. The van der Waals surface area contributed by atoms with E-state index < -0.39 is 0 Å². The van der Waals surface area contributed by atoms with E-state index >= 15 is 0 Å². The fourth-order valence-electron chi connectivity index (χ4n) is 3.83. The maximum absolute atomic E-state index is 14.8. The molecule has 0 radical (unpaired) electrons. The van der Waals surface area contributed by atoms with Crippen molar-refractivity contribution in [2.75, 3.05) is 25.1 Å². The lowest BCUT2D eigenvalue weighted by Crippen LogP contribution is -2.22. The molecule has 4 aromatic rings. The van der Waals surface area contributed by atoms with Crippen molar-refractivity contribution in [3.05, 3.63) is 59.4 Å². The highest BCUT2D eigenvalue weighted by Gasteiger charge is 2.17. The van der Waals surface area contributed by atoms with Gasteiger partial charge in [0.1, 0.15) is 11.3 Å². The molecule has 156 valence electrons. The van der Waals surface area contributed by atoms with Gasteiger partial charge in [-0.1, -0.05) is 55.9 Å². The van der Waals surface area contributed by atoms with Crippen LogP contribution in [0.25, 0.3) is 21.9 Å². The van der Waals surface area contributed by atoms with E-state index in [1.165, 1.54) is 0 Å². The van der Waals surface area contributed by atoms with Crippen LogP contribution < -0.4 is 5.73 Å². The summed E-state index contributed by atoms with van der Waals surface area (Å²) >= 11 is 1.55. The van der Waals surface area contributed by atoms with Crippen LogP contribution in [0.4, 0.5) is 10.2 Å². The second-order valence-corrected chi connectivity index (χ2v) is 8.06. The standard InChI is InChI=1S/C23H26FN5S/c1-4-28(5-2)14-16-11-10-15(12-18(16)24)13-29-21-17-8-6-7-9-19(17)26-22(25)20(21)27-23(29)30-3/h6-12H,4-5,13-14H2,1-3H3,(H2,25,26). The fraction of sp³-hybridized carbons (Fsp3) is 0.304. The first-order valence-corrected chi connectivity index (χ1v) is 11.4. The van der Waals surface area contributed by atoms with Gasteiger partial charge >= 0.3 is 0 Å². The number of nitrogen functional groups attached to an aromatic ring is 1. The molecule has 0 amide bonds. The van der Waals surface area contributed by atoms with Crippen LogP contribution in [0.15, 0.2) is 47.6 Å². The number of imidazole rings is 1. The van der Waals surface area contributed by atoms with Crippen molar-refractivity contribution in [3.8, 4) is 0 Å². The number of aromatic nitrogens is 3. The van der Waals surface area contributed by atoms with Crippen molar-refractivity contribution in [1.82, 2.24) is 19.4 Å². The number of para-hydroxylation sites is 1. The third-order valence-corrected chi connectivity index (χ3v) is 6.18. The number of hydrogen-bond acceptors (Lipinski definition) is 5. The molecule has 2 aromatic heterocycles. The number of nitrogens with two attached hydrogens (primary N) is 1. The Kier molecular flexibility index (Phi) is 5.92. The molecule has 0 saturated carbocycles. The summed E-state index contributed by atoms with van der Waals surface area (Å²) in [6, 6.07) is 13.4. The van der Waals surface area contributed by atoms with Crippen LogP contribution in [-0.2, 0) is 13.1 Å². The van der Waals surface area contributed by atoms with Gasteiger partial charge in [-0.2, -0.15) is 0 Å². The minimum Gasteiger partial charge on any atom is -0.382 e. The highest BCUT2D eigenvalue weighted by molar-refractivity contribution is 7.98. The van der Waals surface area contributed by atoms with Crippen LogP contribution in [-0.4, -0.2) is 38.8 Å².